The van der Waals surface area contributed by atoms with Crippen LogP contribution in [0.15, 0.2) is 18.2 Å². The molecule has 1 aromatic rings. The zero-order valence-corrected chi connectivity index (χ0v) is 12.6. The summed E-state index contributed by atoms with van der Waals surface area (Å²) in [6, 6.07) is 6.31. The second-order valence-corrected chi connectivity index (χ2v) is 5.61. The molecule has 2 rings (SSSR count). The smallest absolute Gasteiger partial charge is 0.160 e. The molecule has 1 aliphatic carbocycles. The fourth-order valence-electron chi connectivity index (χ4n) is 2.40. The van der Waals surface area contributed by atoms with Crippen LogP contribution in [0, 0.1) is 5.92 Å². The van der Waals surface area contributed by atoms with Crippen molar-refractivity contribution in [1.29, 1.82) is 0 Å². The second kappa shape index (κ2) is 6.95. The number of aliphatic hydroxyl groups excluding tert-OH is 1. The van der Waals surface area contributed by atoms with E-state index < -0.39 is 0 Å². The molecule has 4 heteroatoms. The van der Waals surface area contributed by atoms with Gasteiger partial charge in [-0.2, -0.15) is 0 Å². The average Bonchev–Trinajstić information content (AvgIpc) is 3.29. The summed E-state index contributed by atoms with van der Waals surface area (Å²) >= 11 is 0. The summed E-state index contributed by atoms with van der Waals surface area (Å²) in [5.74, 6) is 2.03. The Morgan fingerprint density at radius 2 is 1.95 bits per heavy atom. The van der Waals surface area contributed by atoms with Gasteiger partial charge in [-0.1, -0.05) is 6.07 Å². The molecule has 4 nitrogen and oxygen atoms in total. The van der Waals surface area contributed by atoms with Crippen LogP contribution in [0.25, 0.3) is 0 Å². The highest BCUT2D eigenvalue weighted by Gasteiger charge is 2.29. The van der Waals surface area contributed by atoms with Crippen LogP contribution in [0.3, 0.4) is 0 Å². The molecule has 0 aromatic heterocycles. The van der Waals surface area contributed by atoms with E-state index in [1.54, 1.807) is 14.2 Å². The molecule has 2 atom stereocenters. The zero-order valence-electron chi connectivity index (χ0n) is 12.6. The van der Waals surface area contributed by atoms with Gasteiger partial charge >= 0.3 is 0 Å². The van der Waals surface area contributed by atoms with Crippen LogP contribution >= 0.6 is 0 Å². The summed E-state index contributed by atoms with van der Waals surface area (Å²) in [5, 5.41) is 13.3. The normalized spacial score (nSPS) is 17.6. The van der Waals surface area contributed by atoms with Crippen molar-refractivity contribution >= 4 is 0 Å². The Kier molecular flexibility index (Phi) is 5.26. The van der Waals surface area contributed by atoms with Crippen molar-refractivity contribution in [2.75, 3.05) is 20.8 Å². The number of hydrogen-bond acceptors (Lipinski definition) is 4. The molecular formula is C16H25NO3. The molecule has 0 aliphatic heterocycles. The molecule has 1 saturated carbocycles. The summed E-state index contributed by atoms with van der Waals surface area (Å²) < 4.78 is 10.5. The van der Waals surface area contributed by atoms with Gasteiger partial charge in [0.2, 0.25) is 0 Å². The monoisotopic (exact) mass is 279 g/mol. The Balaban J connectivity index is 1.85. The Labute approximate surface area is 121 Å². The standard InChI is InChI=1S/C16H25NO3/c1-11(17-10-14(18)13-5-6-13)8-12-4-7-15(19-2)16(9-12)20-3/h4,7,9,11,13-14,17-18H,5-6,8,10H2,1-3H3. The Morgan fingerprint density at radius 3 is 2.55 bits per heavy atom. The summed E-state index contributed by atoms with van der Waals surface area (Å²) in [6.45, 7) is 2.81. The van der Waals surface area contributed by atoms with Crippen LogP contribution in [-0.4, -0.2) is 38.0 Å². The van der Waals surface area contributed by atoms with E-state index in [0.717, 1.165) is 17.9 Å². The maximum atomic E-state index is 9.86. The molecule has 0 bridgehead atoms. The molecular weight excluding hydrogens is 254 g/mol. The summed E-state index contributed by atoms with van der Waals surface area (Å²) in [7, 11) is 3.29. The number of ether oxygens (including phenoxy) is 2. The topological polar surface area (TPSA) is 50.7 Å². The van der Waals surface area contributed by atoms with Gasteiger partial charge in [0.25, 0.3) is 0 Å². The van der Waals surface area contributed by atoms with Crippen LogP contribution < -0.4 is 14.8 Å². The lowest BCUT2D eigenvalue weighted by molar-refractivity contribution is 0.145. The highest BCUT2D eigenvalue weighted by molar-refractivity contribution is 5.43. The molecule has 1 aromatic carbocycles. The molecule has 112 valence electrons. The molecule has 0 saturated heterocycles. The van der Waals surface area contributed by atoms with Crippen LogP contribution in [0.2, 0.25) is 0 Å². The lowest BCUT2D eigenvalue weighted by atomic mass is 10.1. The third-order valence-corrected chi connectivity index (χ3v) is 3.83. The van der Waals surface area contributed by atoms with Crippen molar-refractivity contribution < 1.29 is 14.6 Å². The average molecular weight is 279 g/mol. The Bertz CT molecular complexity index is 432. The predicted octanol–water partition coefficient (Wildman–Crippen LogP) is 2.00. The van der Waals surface area contributed by atoms with E-state index >= 15 is 0 Å². The minimum atomic E-state index is -0.192. The Hall–Kier alpha value is -1.26. The number of rotatable bonds is 8. The van der Waals surface area contributed by atoms with Crippen LogP contribution in [0.5, 0.6) is 11.5 Å². The summed E-state index contributed by atoms with van der Waals surface area (Å²) in [4.78, 5) is 0. The van der Waals surface area contributed by atoms with E-state index in [1.165, 1.54) is 18.4 Å². The van der Waals surface area contributed by atoms with Gasteiger partial charge in [0.1, 0.15) is 0 Å². The van der Waals surface area contributed by atoms with E-state index in [9.17, 15) is 5.11 Å². The number of benzene rings is 1. The van der Waals surface area contributed by atoms with Crippen molar-refractivity contribution in [1.82, 2.24) is 5.32 Å². The fourth-order valence-corrected chi connectivity index (χ4v) is 2.40. The van der Waals surface area contributed by atoms with Gasteiger partial charge in [0.05, 0.1) is 20.3 Å². The lowest BCUT2D eigenvalue weighted by Gasteiger charge is -2.17. The molecule has 0 heterocycles. The van der Waals surface area contributed by atoms with Crippen molar-refractivity contribution in [2.24, 2.45) is 5.92 Å². The fraction of sp³-hybridized carbons (Fsp3) is 0.625. The van der Waals surface area contributed by atoms with E-state index in [-0.39, 0.29) is 6.10 Å². The van der Waals surface area contributed by atoms with Crippen molar-refractivity contribution in [2.45, 2.75) is 38.3 Å². The molecule has 2 N–H and O–H groups in total. The van der Waals surface area contributed by atoms with Gasteiger partial charge in [-0.15, -0.1) is 0 Å². The third-order valence-electron chi connectivity index (χ3n) is 3.83. The van der Waals surface area contributed by atoms with Crippen LogP contribution in [0.4, 0.5) is 0 Å². The molecule has 1 fully saturated rings. The number of aliphatic hydroxyl groups is 1. The van der Waals surface area contributed by atoms with Gasteiger partial charge in [0, 0.05) is 12.6 Å². The predicted molar refractivity (Wildman–Crippen MR) is 79.4 cm³/mol. The van der Waals surface area contributed by atoms with Gasteiger partial charge in [-0.25, -0.2) is 0 Å². The number of nitrogens with one attached hydrogen (secondary N) is 1. The highest BCUT2D eigenvalue weighted by atomic mass is 16.5. The molecule has 0 spiro atoms. The van der Waals surface area contributed by atoms with Crippen LogP contribution in [0.1, 0.15) is 25.3 Å². The summed E-state index contributed by atoms with van der Waals surface area (Å²) in [5.41, 5.74) is 1.20. The minimum absolute atomic E-state index is 0.192. The largest absolute Gasteiger partial charge is 0.493 e. The summed E-state index contributed by atoms with van der Waals surface area (Å²) in [6.07, 6.45) is 3.06. The van der Waals surface area contributed by atoms with E-state index in [2.05, 4.69) is 18.3 Å². The van der Waals surface area contributed by atoms with E-state index in [1.807, 2.05) is 12.1 Å². The second-order valence-electron chi connectivity index (χ2n) is 5.61. The van der Waals surface area contributed by atoms with Gasteiger partial charge in [-0.05, 0) is 49.8 Å². The van der Waals surface area contributed by atoms with Crippen LogP contribution in [-0.2, 0) is 6.42 Å². The quantitative estimate of drug-likeness (QED) is 0.764. The lowest BCUT2D eigenvalue weighted by Crippen LogP contribution is -2.35. The first-order valence-corrected chi connectivity index (χ1v) is 7.26. The maximum absolute atomic E-state index is 9.86. The van der Waals surface area contributed by atoms with Gasteiger partial charge in [0.15, 0.2) is 11.5 Å². The number of methoxy groups -OCH3 is 2. The van der Waals surface area contributed by atoms with Crippen molar-refractivity contribution in [3.63, 3.8) is 0 Å². The minimum Gasteiger partial charge on any atom is -0.493 e. The molecule has 2 unspecified atom stereocenters. The Morgan fingerprint density at radius 1 is 1.25 bits per heavy atom. The first kappa shape index (κ1) is 15.1. The van der Waals surface area contributed by atoms with Gasteiger partial charge < -0.3 is 19.9 Å². The third kappa shape index (κ3) is 4.12. The molecule has 0 radical (unpaired) electrons. The number of hydrogen-bond donors (Lipinski definition) is 2. The van der Waals surface area contributed by atoms with Crippen molar-refractivity contribution in [3.8, 4) is 11.5 Å². The SMILES string of the molecule is COc1ccc(CC(C)NCC(O)C2CC2)cc1OC. The first-order valence-electron chi connectivity index (χ1n) is 7.26. The van der Waals surface area contributed by atoms with E-state index in [0.29, 0.717) is 18.5 Å². The molecule has 0 amide bonds. The van der Waals surface area contributed by atoms with Crippen molar-refractivity contribution in [3.05, 3.63) is 23.8 Å². The maximum Gasteiger partial charge on any atom is 0.160 e. The van der Waals surface area contributed by atoms with E-state index in [4.69, 9.17) is 9.47 Å². The zero-order chi connectivity index (χ0) is 14.5. The highest BCUT2D eigenvalue weighted by Crippen LogP contribution is 2.32. The first-order chi connectivity index (χ1) is 9.63. The molecule has 20 heavy (non-hydrogen) atoms. The molecule has 1 aliphatic rings. The van der Waals surface area contributed by atoms with Gasteiger partial charge in [-0.3, -0.25) is 0 Å².